The molecule has 0 spiro atoms. The van der Waals surface area contributed by atoms with Gasteiger partial charge in [0, 0.05) is 35.5 Å². The van der Waals surface area contributed by atoms with Crippen molar-refractivity contribution >= 4 is 5.78 Å². The number of nitrogens with zero attached hydrogens (tertiary/aromatic N) is 2. The topological polar surface area (TPSA) is 33.2 Å². The summed E-state index contributed by atoms with van der Waals surface area (Å²) < 4.78 is 0. The zero-order chi connectivity index (χ0) is 13.4. The molecule has 3 heteroatoms. The van der Waals surface area contributed by atoms with Crippen molar-refractivity contribution in [1.82, 2.24) is 9.88 Å². The highest BCUT2D eigenvalue weighted by Crippen LogP contribution is 2.37. The molecule has 0 aromatic carbocycles. The number of Topliss-reactive ketones (excluding diaryl/α,β-unsaturated/α-hetero) is 1. The van der Waals surface area contributed by atoms with Crippen LogP contribution < -0.4 is 0 Å². The standard InChI is InChI=1S/C16H22N2O/c1-11-6-7-12(10-17-11)16(19)13-8-14-4-3-5-15(9-13)18(14)2/h6-7,10,13-15H,3-5,8-9H2,1-2H3. The van der Waals surface area contributed by atoms with Crippen molar-refractivity contribution in [3.8, 4) is 0 Å². The molecule has 1 aromatic heterocycles. The Morgan fingerprint density at radius 3 is 2.53 bits per heavy atom. The van der Waals surface area contributed by atoms with Gasteiger partial charge in [0.05, 0.1) is 0 Å². The second-order valence-electron chi connectivity index (χ2n) is 6.12. The van der Waals surface area contributed by atoms with Crippen LogP contribution in [0.2, 0.25) is 0 Å². The summed E-state index contributed by atoms with van der Waals surface area (Å²) in [5.74, 6) is 0.508. The van der Waals surface area contributed by atoms with Gasteiger partial charge in [0.25, 0.3) is 0 Å². The quantitative estimate of drug-likeness (QED) is 0.765. The van der Waals surface area contributed by atoms with Crippen LogP contribution in [0.3, 0.4) is 0 Å². The van der Waals surface area contributed by atoms with E-state index in [0.717, 1.165) is 24.1 Å². The van der Waals surface area contributed by atoms with Crippen LogP contribution >= 0.6 is 0 Å². The summed E-state index contributed by atoms with van der Waals surface area (Å²) in [4.78, 5) is 19.3. The summed E-state index contributed by atoms with van der Waals surface area (Å²) in [7, 11) is 2.22. The summed E-state index contributed by atoms with van der Waals surface area (Å²) in [6.07, 6.45) is 7.63. The minimum absolute atomic E-state index is 0.205. The molecule has 2 fully saturated rings. The van der Waals surface area contributed by atoms with Gasteiger partial charge in [-0.25, -0.2) is 0 Å². The number of aromatic nitrogens is 1. The normalized spacial score (nSPS) is 31.2. The lowest BCUT2D eigenvalue weighted by Crippen LogP contribution is -2.51. The van der Waals surface area contributed by atoms with Crippen LogP contribution in [0, 0.1) is 12.8 Å². The number of piperidine rings is 2. The monoisotopic (exact) mass is 258 g/mol. The number of hydrogen-bond donors (Lipinski definition) is 0. The average Bonchev–Trinajstić information content (AvgIpc) is 2.38. The van der Waals surface area contributed by atoms with Crippen molar-refractivity contribution in [1.29, 1.82) is 0 Å². The van der Waals surface area contributed by atoms with Crippen molar-refractivity contribution < 1.29 is 4.79 Å². The van der Waals surface area contributed by atoms with Crippen molar-refractivity contribution in [3.63, 3.8) is 0 Å². The van der Waals surface area contributed by atoms with E-state index in [9.17, 15) is 4.79 Å². The molecule has 3 heterocycles. The van der Waals surface area contributed by atoms with E-state index in [1.165, 1.54) is 19.3 Å². The van der Waals surface area contributed by atoms with Gasteiger partial charge in [-0.05, 0) is 51.8 Å². The van der Waals surface area contributed by atoms with Gasteiger partial charge in [-0.2, -0.15) is 0 Å². The lowest BCUT2D eigenvalue weighted by Gasteiger charge is -2.46. The molecule has 0 saturated carbocycles. The summed E-state index contributed by atoms with van der Waals surface area (Å²) in [6, 6.07) is 5.08. The van der Waals surface area contributed by atoms with Gasteiger partial charge in [-0.1, -0.05) is 6.42 Å². The summed E-state index contributed by atoms with van der Waals surface area (Å²) >= 11 is 0. The third-order valence-corrected chi connectivity index (χ3v) is 4.91. The number of hydrogen-bond acceptors (Lipinski definition) is 3. The van der Waals surface area contributed by atoms with Gasteiger partial charge in [0.2, 0.25) is 0 Å². The maximum absolute atomic E-state index is 12.6. The zero-order valence-electron chi connectivity index (χ0n) is 11.8. The third-order valence-electron chi connectivity index (χ3n) is 4.91. The average molecular weight is 258 g/mol. The number of fused-ring (bicyclic) bond motifs is 2. The second kappa shape index (κ2) is 5.04. The summed E-state index contributed by atoms with van der Waals surface area (Å²) in [6.45, 7) is 1.95. The summed E-state index contributed by atoms with van der Waals surface area (Å²) in [5, 5.41) is 0. The molecule has 1 aromatic rings. The number of ketones is 1. The number of carbonyl (C=O) groups is 1. The molecule has 0 N–H and O–H groups in total. The Morgan fingerprint density at radius 1 is 1.26 bits per heavy atom. The zero-order valence-corrected chi connectivity index (χ0v) is 11.8. The fourth-order valence-electron chi connectivity index (χ4n) is 3.68. The Bertz CT molecular complexity index is 454. The maximum Gasteiger partial charge on any atom is 0.167 e. The van der Waals surface area contributed by atoms with Gasteiger partial charge >= 0.3 is 0 Å². The molecule has 102 valence electrons. The van der Waals surface area contributed by atoms with Crippen molar-refractivity contribution in [3.05, 3.63) is 29.6 Å². The lowest BCUT2D eigenvalue weighted by molar-refractivity contribution is 0.0338. The Kier molecular flexibility index (Phi) is 3.40. The van der Waals surface area contributed by atoms with Gasteiger partial charge in [-0.15, -0.1) is 0 Å². The van der Waals surface area contributed by atoms with Gasteiger partial charge in [0.1, 0.15) is 0 Å². The molecule has 3 rings (SSSR count). The minimum Gasteiger partial charge on any atom is -0.300 e. The van der Waals surface area contributed by atoms with Gasteiger partial charge < -0.3 is 4.90 Å². The fourth-order valence-corrected chi connectivity index (χ4v) is 3.68. The van der Waals surface area contributed by atoms with E-state index < -0.39 is 0 Å². The first-order valence-corrected chi connectivity index (χ1v) is 7.34. The number of carbonyl (C=O) groups excluding carboxylic acids is 1. The molecule has 0 radical (unpaired) electrons. The fraction of sp³-hybridized carbons (Fsp3) is 0.625. The maximum atomic E-state index is 12.6. The number of pyridine rings is 1. The first-order valence-electron chi connectivity index (χ1n) is 7.34. The molecule has 3 nitrogen and oxygen atoms in total. The van der Waals surface area contributed by atoms with E-state index in [1.54, 1.807) is 6.20 Å². The molecular weight excluding hydrogens is 236 g/mol. The number of aryl methyl sites for hydroxylation is 1. The predicted molar refractivity (Wildman–Crippen MR) is 75.2 cm³/mol. The van der Waals surface area contributed by atoms with Crippen LogP contribution in [0.15, 0.2) is 18.3 Å². The van der Waals surface area contributed by atoms with Crippen LogP contribution in [-0.4, -0.2) is 34.8 Å². The van der Waals surface area contributed by atoms with Crippen molar-refractivity contribution in [2.24, 2.45) is 5.92 Å². The molecule has 2 aliphatic heterocycles. The smallest absolute Gasteiger partial charge is 0.167 e. The van der Waals surface area contributed by atoms with Crippen LogP contribution in [0.5, 0.6) is 0 Å². The highest BCUT2D eigenvalue weighted by Gasteiger charge is 2.38. The Balaban J connectivity index is 1.76. The number of rotatable bonds is 2. The molecule has 0 aliphatic carbocycles. The SMILES string of the molecule is Cc1ccc(C(=O)C2CC3CCCC(C2)N3C)cn1. The van der Waals surface area contributed by atoms with E-state index in [-0.39, 0.29) is 5.92 Å². The highest BCUT2D eigenvalue weighted by molar-refractivity contribution is 5.97. The van der Waals surface area contributed by atoms with Crippen LogP contribution in [0.25, 0.3) is 0 Å². The molecule has 2 unspecified atom stereocenters. The molecule has 2 saturated heterocycles. The lowest BCUT2D eigenvalue weighted by atomic mass is 9.76. The minimum atomic E-state index is 0.205. The molecule has 2 aliphatic rings. The second-order valence-corrected chi connectivity index (χ2v) is 6.12. The van der Waals surface area contributed by atoms with Crippen LogP contribution in [0.4, 0.5) is 0 Å². The van der Waals surface area contributed by atoms with Crippen molar-refractivity contribution in [2.45, 2.75) is 51.1 Å². The highest BCUT2D eigenvalue weighted by atomic mass is 16.1. The molecular formula is C16H22N2O. The van der Waals surface area contributed by atoms with E-state index in [0.29, 0.717) is 17.9 Å². The van der Waals surface area contributed by atoms with Gasteiger partial charge in [-0.3, -0.25) is 9.78 Å². The van der Waals surface area contributed by atoms with E-state index in [1.807, 2.05) is 19.1 Å². The first-order chi connectivity index (χ1) is 9.15. The third kappa shape index (κ3) is 2.44. The van der Waals surface area contributed by atoms with Gasteiger partial charge in [0.15, 0.2) is 5.78 Å². The Labute approximate surface area is 115 Å². The predicted octanol–water partition coefficient (Wildman–Crippen LogP) is 2.84. The Morgan fingerprint density at radius 2 is 1.95 bits per heavy atom. The molecule has 2 atom stereocenters. The van der Waals surface area contributed by atoms with Crippen LogP contribution in [0.1, 0.15) is 48.2 Å². The largest absolute Gasteiger partial charge is 0.300 e. The molecule has 0 amide bonds. The molecule has 19 heavy (non-hydrogen) atoms. The van der Waals surface area contributed by atoms with E-state index in [4.69, 9.17) is 0 Å². The Hall–Kier alpha value is -1.22. The molecule has 2 bridgehead atoms. The van der Waals surface area contributed by atoms with Crippen molar-refractivity contribution in [2.75, 3.05) is 7.05 Å². The van der Waals surface area contributed by atoms with Crippen LogP contribution in [-0.2, 0) is 0 Å². The summed E-state index contributed by atoms with van der Waals surface area (Å²) in [5.41, 5.74) is 1.76. The van der Waals surface area contributed by atoms with E-state index >= 15 is 0 Å². The first kappa shape index (κ1) is 12.8. The van der Waals surface area contributed by atoms with E-state index in [2.05, 4.69) is 16.9 Å².